The minimum absolute atomic E-state index is 0.0617. The molecule has 0 aliphatic heterocycles. The Bertz CT molecular complexity index is 499. The van der Waals surface area contributed by atoms with Crippen LogP contribution in [0, 0.1) is 12.3 Å². The van der Waals surface area contributed by atoms with Gasteiger partial charge in [0.2, 0.25) is 0 Å². The van der Waals surface area contributed by atoms with Crippen molar-refractivity contribution < 1.29 is 19.1 Å². The zero-order chi connectivity index (χ0) is 14.3. The Labute approximate surface area is 112 Å². The Kier molecular flexibility index (Phi) is 5.62. The van der Waals surface area contributed by atoms with Gasteiger partial charge in [0.15, 0.2) is 18.5 Å². The molecule has 1 unspecified atom stereocenters. The lowest BCUT2D eigenvalue weighted by atomic mass is 10.1. The third kappa shape index (κ3) is 4.47. The molecule has 0 aliphatic carbocycles. The number of rotatable bonds is 6. The summed E-state index contributed by atoms with van der Waals surface area (Å²) in [5.41, 5.74) is 0.532. The molecule has 0 aliphatic rings. The Hall–Kier alpha value is -2.28. The molecular formula is C15H16O4. The molecule has 0 saturated carbocycles. The molecule has 1 aromatic carbocycles. The molecule has 100 valence electrons. The van der Waals surface area contributed by atoms with Gasteiger partial charge in [-0.15, -0.1) is 6.42 Å². The predicted octanol–water partition coefficient (Wildman–Crippen LogP) is 2.22. The van der Waals surface area contributed by atoms with Gasteiger partial charge in [-0.2, -0.15) is 0 Å². The fourth-order valence-corrected chi connectivity index (χ4v) is 1.46. The number of terminal acetylenes is 1. The van der Waals surface area contributed by atoms with Crippen molar-refractivity contribution in [1.82, 2.24) is 0 Å². The van der Waals surface area contributed by atoms with Gasteiger partial charge in [0.25, 0.3) is 0 Å². The molecule has 19 heavy (non-hydrogen) atoms. The van der Waals surface area contributed by atoms with E-state index in [1.165, 1.54) is 6.92 Å². The normalized spacial score (nSPS) is 11.2. The molecule has 1 aromatic rings. The van der Waals surface area contributed by atoms with Crippen LogP contribution >= 0.6 is 0 Å². The van der Waals surface area contributed by atoms with E-state index in [0.29, 0.717) is 17.7 Å². The molecule has 0 bridgehead atoms. The summed E-state index contributed by atoms with van der Waals surface area (Å²) < 4.78 is 10.3. The van der Waals surface area contributed by atoms with Gasteiger partial charge in [-0.25, -0.2) is 4.79 Å². The van der Waals surface area contributed by atoms with Crippen molar-refractivity contribution in [2.24, 2.45) is 0 Å². The third-order valence-corrected chi connectivity index (χ3v) is 2.45. The number of carbonyl (C=O) groups excluding carboxylic acids is 2. The molecule has 4 nitrogen and oxygen atoms in total. The summed E-state index contributed by atoms with van der Waals surface area (Å²) in [5.74, 6) is 2.11. The maximum absolute atomic E-state index is 11.6. The maximum atomic E-state index is 11.6. The highest BCUT2D eigenvalue weighted by atomic mass is 16.6. The lowest BCUT2D eigenvalue weighted by Crippen LogP contribution is -2.28. The third-order valence-electron chi connectivity index (χ3n) is 2.45. The molecule has 0 radical (unpaired) electrons. The summed E-state index contributed by atoms with van der Waals surface area (Å²) in [5, 5.41) is 0. The van der Waals surface area contributed by atoms with E-state index in [1.807, 2.05) is 0 Å². The van der Waals surface area contributed by atoms with Crippen molar-refractivity contribution in [3.63, 3.8) is 0 Å². The van der Waals surface area contributed by atoms with E-state index in [-0.39, 0.29) is 12.4 Å². The summed E-state index contributed by atoms with van der Waals surface area (Å²) in [6.45, 7) is 3.19. The Morgan fingerprint density at radius 3 is 2.74 bits per heavy atom. The van der Waals surface area contributed by atoms with Crippen LogP contribution in [0.4, 0.5) is 0 Å². The summed E-state index contributed by atoms with van der Waals surface area (Å²) in [4.78, 5) is 22.9. The number of ether oxygens (including phenoxy) is 2. The first-order chi connectivity index (χ1) is 9.08. The van der Waals surface area contributed by atoms with Gasteiger partial charge >= 0.3 is 5.97 Å². The molecule has 4 heteroatoms. The van der Waals surface area contributed by atoms with Gasteiger partial charge in [-0.05, 0) is 25.5 Å². The van der Waals surface area contributed by atoms with E-state index >= 15 is 0 Å². The first-order valence-corrected chi connectivity index (χ1v) is 5.96. The molecule has 0 amide bonds. The van der Waals surface area contributed by atoms with Crippen molar-refractivity contribution in [2.45, 2.75) is 26.4 Å². The zero-order valence-electron chi connectivity index (χ0n) is 11.0. The Morgan fingerprint density at radius 1 is 1.42 bits per heavy atom. The minimum Gasteiger partial charge on any atom is -0.479 e. The van der Waals surface area contributed by atoms with Crippen LogP contribution < -0.4 is 4.74 Å². The first-order valence-electron chi connectivity index (χ1n) is 5.96. The first kappa shape index (κ1) is 14.8. The lowest BCUT2D eigenvalue weighted by molar-refractivity contribution is -0.150. The monoisotopic (exact) mass is 260 g/mol. The van der Waals surface area contributed by atoms with Crippen molar-refractivity contribution >= 4 is 11.8 Å². The van der Waals surface area contributed by atoms with Gasteiger partial charge in [-0.1, -0.05) is 25.0 Å². The summed E-state index contributed by atoms with van der Waals surface area (Å²) in [6.07, 6.45) is 4.74. The van der Waals surface area contributed by atoms with Gasteiger partial charge in [-0.3, -0.25) is 4.79 Å². The topological polar surface area (TPSA) is 52.6 Å². The van der Waals surface area contributed by atoms with E-state index in [4.69, 9.17) is 15.9 Å². The summed E-state index contributed by atoms with van der Waals surface area (Å²) in [6, 6.07) is 6.67. The van der Waals surface area contributed by atoms with Crippen LogP contribution in [-0.4, -0.2) is 24.5 Å². The number of hydrogen-bond donors (Lipinski definition) is 0. The zero-order valence-corrected chi connectivity index (χ0v) is 11.0. The molecule has 0 aromatic heterocycles. The number of carbonyl (C=O) groups is 2. The number of Topliss-reactive ketones (excluding diaryl/α,β-unsaturated/α-hetero) is 1. The molecule has 0 spiro atoms. The molecule has 1 rings (SSSR count). The number of ketones is 1. The van der Waals surface area contributed by atoms with E-state index in [1.54, 1.807) is 31.2 Å². The van der Waals surface area contributed by atoms with E-state index in [2.05, 4.69) is 5.92 Å². The van der Waals surface area contributed by atoms with Gasteiger partial charge in [0.05, 0.1) is 0 Å². The standard InChI is InChI=1S/C15H16O4/c1-4-9-18-15(17)14(5-2)19-13-8-6-7-12(10-13)11(3)16/h1,6-8,10,14H,5,9H2,2-3H3. The van der Waals surface area contributed by atoms with Crippen LogP contribution in [0.15, 0.2) is 24.3 Å². The number of benzene rings is 1. The van der Waals surface area contributed by atoms with Crippen LogP contribution in [0.25, 0.3) is 0 Å². The Balaban J connectivity index is 2.75. The fraction of sp³-hybridized carbons (Fsp3) is 0.333. The SMILES string of the molecule is C#CCOC(=O)C(CC)Oc1cccc(C(C)=O)c1. The fourth-order valence-electron chi connectivity index (χ4n) is 1.46. The van der Waals surface area contributed by atoms with E-state index < -0.39 is 12.1 Å². The van der Waals surface area contributed by atoms with E-state index in [0.717, 1.165) is 0 Å². The van der Waals surface area contributed by atoms with Crippen molar-refractivity contribution in [2.75, 3.05) is 6.61 Å². The molecule has 1 atom stereocenters. The van der Waals surface area contributed by atoms with Crippen molar-refractivity contribution in [3.8, 4) is 18.1 Å². The molecule has 0 heterocycles. The van der Waals surface area contributed by atoms with Crippen LogP contribution in [0.2, 0.25) is 0 Å². The molecule has 0 fully saturated rings. The average molecular weight is 260 g/mol. The van der Waals surface area contributed by atoms with Gasteiger partial charge in [0, 0.05) is 5.56 Å². The van der Waals surface area contributed by atoms with Gasteiger partial charge in [0.1, 0.15) is 5.75 Å². The van der Waals surface area contributed by atoms with Crippen LogP contribution in [0.5, 0.6) is 5.75 Å². The highest BCUT2D eigenvalue weighted by Crippen LogP contribution is 2.17. The van der Waals surface area contributed by atoms with E-state index in [9.17, 15) is 9.59 Å². The number of esters is 1. The lowest BCUT2D eigenvalue weighted by Gasteiger charge is -2.16. The summed E-state index contributed by atoms with van der Waals surface area (Å²) in [7, 11) is 0. The molecule has 0 N–H and O–H groups in total. The van der Waals surface area contributed by atoms with Crippen LogP contribution in [-0.2, 0) is 9.53 Å². The Morgan fingerprint density at radius 2 is 2.16 bits per heavy atom. The minimum atomic E-state index is -0.726. The second-order valence-corrected chi connectivity index (χ2v) is 3.91. The molecule has 0 saturated heterocycles. The second kappa shape index (κ2) is 7.22. The van der Waals surface area contributed by atoms with Gasteiger partial charge < -0.3 is 9.47 Å². The molecular weight excluding hydrogens is 244 g/mol. The van der Waals surface area contributed by atoms with Crippen molar-refractivity contribution in [3.05, 3.63) is 29.8 Å². The largest absolute Gasteiger partial charge is 0.479 e. The maximum Gasteiger partial charge on any atom is 0.348 e. The predicted molar refractivity (Wildman–Crippen MR) is 70.9 cm³/mol. The smallest absolute Gasteiger partial charge is 0.348 e. The van der Waals surface area contributed by atoms with Crippen molar-refractivity contribution in [1.29, 1.82) is 0 Å². The average Bonchev–Trinajstić information content (AvgIpc) is 2.42. The highest BCUT2D eigenvalue weighted by molar-refractivity contribution is 5.94. The second-order valence-electron chi connectivity index (χ2n) is 3.91. The highest BCUT2D eigenvalue weighted by Gasteiger charge is 2.20. The summed E-state index contributed by atoms with van der Waals surface area (Å²) >= 11 is 0. The van der Waals surface area contributed by atoms with Crippen LogP contribution in [0.1, 0.15) is 30.6 Å². The van der Waals surface area contributed by atoms with Crippen LogP contribution in [0.3, 0.4) is 0 Å². The quantitative estimate of drug-likeness (QED) is 0.447. The number of hydrogen-bond acceptors (Lipinski definition) is 4.